The van der Waals surface area contributed by atoms with E-state index in [1.54, 1.807) is 0 Å². The van der Waals surface area contributed by atoms with Gasteiger partial charge in [0.2, 0.25) is 0 Å². The van der Waals surface area contributed by atoms with E-state index in [4.69, 9.17) is 5.11 Å². The summed E-state index contributed by atoms with van der Waals surface area (Å²) in [6, 6.07) is 0. The Kier molecular flexibility index (Phi) is 1.53. The lowest BCUT2D eigenvalue weighted by Gasteiger charge is -2.44. The standard InChI is InChI=1S/C7H14O2/c1-5(2)7(9)3-6(8)4-7/h5-6,8-9H,3-4H2,1-2H3. The Bertz CT molecular complexity index is 103. The summed E-state index contributed by atoms with van der Waals surface area (Å²) in [5.74, 6) is 0.279. The van der Waals surface area contributed by atoms with Crippen LogP contribution in [0.5, 0.6) is 0 Å². The molecular weight excluding hydrogens is 116 g/mol. The second-order valence-corrected chi connectivity index (χ2v) is 3.32. The van der Waals surface area contributed by atoms with Crippen LogP contribution in [-0.2, 0) is 0 Å². The fourth-order valence-electron chi connectivity index (χ4n) is 1.23. The minimum Gasteiger partial charge on any atom is -0.393 e. The van der Waals surface area contributed by atoms with Crippen molar-refractivity contribution in [1.29, 1.82) is 0 Å². The van der Waals surface area contributed by atoms with Gasteiger partial charge in [0.05, 0.1) is 11.7 Å². The van der Waals surface area contributed by atoms with E-state index < -0.39 is 5.60 Å². The van der Waals surface area contributed by atoms with Gasteiger partial charge in [-0.2, -0.15) is 0 Å². The van der Waals surface area contributed by atoms with Crippen molar-refractivity contribution in [2.45, 2.75) is 38.4 Å². The molecule has 0 aromatic rings. The average molecular weight is 130 g/mol. The fraction of sp³-hybridized carbons (Fsp3) is 1.00. The molecule has 1 fully saturated rings. The molecule has 1 rings (SSSR count). The molecule has 9 heavy (non-hydrogen) atoms. The molecule has 0 heterocycles. The maximum Gasteiger partial charge on any atom is 0.0719 e. The van der Waals surface area contributed by atoms with E-state index in [9.17, 15) is 5.11 Å². The summed E-state index contributed by atoms with van der Waals surface area (Å²) in [4.78, 5) is 0. The minimum atomic E-state index is -0.556. The summed E-state index contributed by atoms with van der Waals surface area (Å²) in [5, 5.41) is 18.4. The molecule has 0 bridgehead atoms. The second-order valence-electron chi connectivity index (χ2n) is 3.32. The second kappa shape index (κ2) is 1.96. The predicted molar refractivity (Wildman–Crippen MR) is 35.0 cm³/mol. The molecule has 0 aromatic carbocycles. The van der Waals surface area contributed by atoms with E-state index in [0.717, 1.165) is 0 Å². The van der Waals surface area contributed by atoms with Gasteiger partial charge in [-0.05, 0) is 5.92 Å². The van der Waals surface area contributed by atoms with E-state index in [1.807, 2.05) is 13.8 Å². The Morgan fingerprint density at radius 3 is 2.00 bits per heavy atom. The normalized spacial score (nSPS) is 43.0. The zero-order chi connectivity index (χ0) is 7.07. The Hall–Kier alpha value is -0.0800. The number of aliphatic hydroxyl groups is 2. The van der Waals surface area contributed by atoms with E-state index in [-0.39, 0.29) is 12.0 Å². The van der Waals surface area contributed by atoms with Crippen molar-refractivity contribution in [2.75, 3.05) is 0 Å². The van der Waals surface area contributed by atoms with Gasteiger partial charge in [0.15, 0.2) is 0 Å². The molecule has 0 radical (unpaired) electrons. The molecule has 1 saturated carbocycles. The molecule has 2 heteroatoms. The molecule has 0 amide bonds. The Morgan fingerprint density at radius 1 is 1.44 bits per heavy atom. The molecule has 0 spiro atoms. The van der Waals surface area contributed by atoms with Gasteiger partial charge in [-0.3, -0.25) is 0 Å². The lowest BCUT2D eigenvalue weighted by Crippen LogP contribution is -2.50. The summed E-state index contributed by atoms with van der Waals surface area (Å²) < 4.78 is 0. The summed E-state index contributed by atoms with van der Waals surface area (Å²) >= 11 is 0. The first-order chi connectivity index (χ1) is 4.04. The number of hydrogen-bond acceptors (Lipinski definition) is 2. The molecule has 2 nitrogen and oxygen atoms in total. The van der Waals surface area contributed by atoms with Crippen molar-refractivity contribution < 1.29 is 10.2 Å². The topological polar surface area (TPSA) is 40.5 Å². The SMILES string of the molecule is CC(C)C1(O)CC(O)C1. The summed E-state index contributed by atoms with van der Waals surface area (Å²) in [7, 11) is 0. The van der Waals surface area contributed by atoms with Gasteiger partial charge in [0, 0.05) is 12.8 Å². The molecule has 0 aromatic heterocycles. The first-order valence-electron chi connectivity index (χ1n) is 3.45. The molecule has 1 aliphatic carbocycles. The van der Waals surface area contributed by atoms with Crippen LogP contribution < -0.4 is 0 Å². The van der Waals surface area contributed by atoms with Gasteiger partial charge in [-0.25, -0.2) is 0 Å². The largest absolute Gasteiger partial charge is 0.393 e. The highest BCUT2D eigenvalue weighted by molar-refractivity contribution is 4.96. The zero-order valence-corrected chi connectivity index (χ0v) is 5.96. The van der Waals surface area contributed by atoms with Crippen LogP contribution in [0.15, 0.2) is 0 Å². The van der Waals surface area contributed by atoms with E-state index in [2.05, 4.69) is 0 Å². The highest BCUT2D eigenvalue weighted by Crippen LogP contribution is 2.37. The molecule has 1 aliphatic rings. The monoisotopic (exact) mass is 130 g/mol. The van der Waals surface area contributed by atoms with Crippen molar-refractivity contribution in [3.05, 3.63) is 0 Å². The lowest BCUT2D eigenvalue weighted by atomic mass is 9.71. The zero-order valence-electron chi connectivity index (χ0n) is 5.96. The Labute approximate surface area is 55.5 Å². The van der Waals surface area contributed by atoms with Crippen LogP contribution in [0.3, 0.4) is 0 Å². The summed E-state index contributed by atoms with van der Waals surface area (Å²) in [6.45, 7) is 3.96. The molecule has 0 aliphatic heterocycles. The molecule has 0 atom stereocenters. The maximum atomic E-state index is 9.50. The van der Waals surface area contributed by atoms with Gasteiger partial charge in [-0.15, -0.1) is 0 Å². The number of rotatable bonds is 1. The third-order valence-corrected chi connectivity index (χ3v) is 2.25. The fourth-order valence-corrected chi connectivity index (χ4v) is 1.23. The van der Waals surface area contributed by atoms with Crippen LogP contribution in [-0.4, -0.2) is 21.9 Å². The first kappa shape index (κ1) is 7.03. The van der Waals surface area contributed by atoms with E-state index in [0.29, 0.717) is 12.8 Å². The average Bonchev–Trinajstić information content (AvgIpc) is 1.62. The third-order valence-electron chi connectivity index (χ3n) is 2.25. The lowest BCUT2D eigenvalue weighted by molar-refractivity contribution is -0.140. The minimum absolute atomic E-state index is 0.252. The van der Waals surface area contributed by atoms with E-state index >= 15 is 0 Å². The van der Waals surface area contributed by atoms with Crippen molar-refractivity contribution in [3.8, 4) is 0 Å². The molecule has 2 N–H and O–H groups in total. The first-order valence-corrected chi connectivity index (χ1v) is 3.45. The highest BCUT2D eigenvalue weighted by Gasteiger charge is 2.43. The van der Waals surface area contributed by atoms with Gasteiger partial charge < -0.3 is 10.2 Å². The van der Waals surface area contributed by atoms with E-state index in [1.165, 1.54) is 0 Å². The molecule has 54 valence electrons. The summed E-state index contributed by atoms with van der Waals surface area (Å²) in [5.41, 5.74) is -0.556. The van der Waals surface area contributed by atoms with Crippen LogP contribution in [0.25, 0.3) is 0 Å². The van der Waals surface area contributed by atoms with Crippen LogP contribution >= 0.6 is 0 Å². The Morgan fingerprint density at radius 2 is 1.89 bits per heavy atom. The van der Waals surface area contributed by atoms with Crippen LogP contribution in [0.1, 0.15) is 26.7 Å². The van der Waals surface area contributed by atoms with Crippen LogP contribution in [0, 0.1) is 5.92 Å². The highest BCUT2D eigenvalue weighted by atomic mass is 16.3. The van der Waals surface area contributed by atoms with Gasteiger partial charge in [-0.1, -0.05) is 13.8 Å². The van der Waals surface area contributed by atoms with Crippen molar-refractivity contribution in [2.24, 2.45) is 5.92 Å². The molecule has 0 saturated heterocycles. The molecule has 0 unspecified atom stereocenters. The smallest absolute Gasteiger partial charge is 0.0719 e. The predicted octanol–water partition coefficient (Wildman–Crippen LogP) is 0.528. The number of aliphatic hydroxyl groups excluding tert-OH is 1. The quantitative estimate of drug-likeness (QED) is 0.543. The molecular formula is C7H14O2. The number of hydrogen-bond donors (Lipinski definition) is 2. The van der Waals surface area contributed by atoms with Crippen molar-refractivity contribution in [3.63, 3.8) is 0 Å². The van der Waals surface area contributed by atoms with Crippen LogP contribution in [0.2, 0.25) is 0 Å². The van der Waals surface area contributed by atoms with Gasteiger partial charge >= 0.3 is 0 Å². The Balaban J connectivity index is 2.40. The van der Waals surface area contributed by atoms with Crippen molar-refractivity contribution in [1.82, 2.24) is 0 Å². The summed E-state index contributed by atoms with van der Waals surface area (Å²) in [6.07, 6.45) is 0.868. The van der Waals surface area contributed by atoms with Gasteiger partial charge in [0.25, 0.3) is 0 Å². The van der Waals surface area contributed by atoms with Crippen molar-refractivity contribution >= 4 is 0 Å². The van der Waals surface area contributed by atoms with Gasteiger partial charge in [0.1, 0.15) is 0 Å². The maximum absolute atomic E-state index is 9.50. The van der Waals surface area contributed by atoms with Crippen LogP contribution in [0.4, 0.5) is 0 Å². The third kappa shape index (κ3) is 1.10.